The number of anilines is 1. The van der Waals surface area contributed by atoms with Crippen molar-refractivity contribution in [1.82, 2.24) is 10.1 Å². The van der Waals surface area contributed by atoms with Crippen molar-refractivity contribution in [1.29, 1.82) is 0 Å². The first-order chi connectivity index (χ1) is 13.5. The zero-order valence-corrected chi connectivity index (χ0v) is 16.3. The topological polar surface area (TPSA) is 68.5 Å². The number of aromatic nitrogens is 2. The van der Waals surface area contributed by atoms with E-state index < -0.39 is 0 Å². The van der Waals surface area contributed by atoms with Crippen LogP contribution in [0.15, 0.2) is 53.1 Å². The predicted molar refractivity (Wildman–Crippen MR) is 107 cm³/mol. The molecule has 1 aliphatic heterocycles. The van der Waals surface area contributed by atoms with Gasteiger partial charge < -0.3 is 14.2 Å². The van der Waals surface area contributed by atoms with Crippen LogP contribution >= 0.6 is 0 Å². The molecule has 0 saturated carbocycles. The summed E-state index contributed by atoms with van der Waals surface area (Å²) in [6.45, 7) is 4.83. The van der Waals surface area contributed by atoms with Gasteiger partial charge >= 0.3 is 0 Å². The fraction of sp³-hybridized carbons (Fsp3) is 0.318. The molecule has 1 unspecified atom stereocenters. The highest BCUT2D eigenvalue weighted by Crippen LogP contribution is 2.33. The predicted octanol–water partition coefficient (Wildman–Crippen LogP) is 4.39. The van der Waals surface area contributed by atoms with Gasteiger partial charge in [-0.25, -0.2) is 0 Å². The van der Waals surface area contributed by atoms with Crippen molar-refractivity contribution in [2.75, 3.05) is 18.6 Å². The molecular weight excluding hydrogens is 354 g/mol. The number of benzene rings is 2. The van der Waals surface area contributed by atoms with Crippen LogP contribution in [0.3, 0.4) is 0 Å². The van der Waals surface area contributed by atoms with Crippen LogP contribution in [-0.4, -0.2) is 29.7 Å². The number of hydrogen-bond donors (Lipinski definition) is 0. The molecule has 6 heteroatoms. The molecular formula is C22H23N3O3. The first kappa shape index (κ1) is 18.2. The minimum atomic E-state index is -0.116. The molecule has 1 fully saturated rings. The van der Waals surface area contributed by atoms with Gasteiger partial charge in [0.2, 0.25) is 17.6 Å². The standard InChI is InChI=1S/C22H23N3O3/c1-14(2)15-7-9-16(10-8-15)21-23-22(28-24-21)17-11-20(26)25(13-17)18-5-4-6-19(12-18)27-3/h4-10,12,14,17H,11,13H2,1-3H3. The van der Waals surface area contributed by atoms with E-state index in [0.717, 1.165) is 17.0 Å². The van der Waals surface area contributed by atoms with Crippen LogP contribution in [0, 0.1) is 0 Å². The fourth-order valence-corrected chi connectivity index (χ4v) is 3.44. The molecule has 1 atom stereocenters. The second-order valence-electron chi connectivity index (χ2n) is 7.34. The Bertz CT molecular complexity index is 979. The maximum Gasteiger partial charge on any atom is 0.232 e. The van der Waals surface area contributed by atoms with Gasteiger partial charge in [-0.05, 0) is 23.6 Å². The maximum absolute atomic E-state index is 12.5. The second-order valence-corrected chi connectivity index (χ2v) is 7.34. The van der Waals surface area contributed by atoms with Crippen LogP contribution in [0.4, 0.5) is 5.69 Å². The van der Waals surface area contributed by atoms with Crippen molar-refractivity contribution in [2.24, 2.45) is 0 Å². The van der Waals surface area contributed by atoms with Gasteiger partial charge in [0.05, 0.1) is 13.0 Å². The Morgan fingerprint density at radius 3 is 2.68 bits per heavy atom. The normalized spacial score (nSPS) is 16.8. The van der Waals surface area contributed by atoms with Crippen LogP contribution in [0.25, 0.3) is 11.4 Å². The van der Waals surface area contributed by atoms with Crippen LogP contribution in [0.2, 0.25) is 0 Å². The molecule has 3 aromatic rings. The molecule has 1 amide bonds. The summed E-state index contributed by atoms with van der Waals surface area (Å²) in [4.78, 5) is 18.8. The number of methoxy groups -OCH3 is 1. The lowest BCUT2D eigenvalue weighted by Gasteiger charge is -2.16. The summed E-state index contributed by atoms with van der Waals surface area (Å²) in [5, 5.41) is 4.12. The highest BCUT2D eigenvalue weighted by molar-refractivity contribution is 5.96. The third kappa shape index (κ3) is 3.50. The highest BCUT2D eigenvalue weighted by Gasteiger charge is 2.35. The number of amides is 1. The first-order valence-corrected chi connectivity index (χ1v) is 9.43. The molecule has 0 N–H and O–H groups in total. The molecule has 1 aliphatic rings. The zero-order valence-electron chi connectivity index (χ0n) is 16.3. The smallest absolute Gasteiger partial charge is 0.232 e. The molecule has 1 aromatic heterocycles. The second kappa shape index (κ2) is 7.46. The number of nitrogens with zero attached hydrogens (tertiary/aromatic N) is 3. The summed E-state index contributed by atoms with van der Waals surface area (Å²) in [7, 11) is 1.61. The number of hydrogen-bond acceptors (Lipinski definition) is 5. The van der Waals surface area contributed by atoms with E-state index in [0.29, 0.717) is 30.6 Å². The zero-order chi connectivity index (χ0) is 19.7. The Morgan fingerprint density at radius 1 is 1.18 bits per heavy atom. The summed E-state index contributed by atoms with van der Waals surface area (Å²) < 4.78 is 10.8. The van der Waals surface area contributed by atoms with Gasteiger partial charge in [-0.15, -0.1) is 0 Å². The summed E-state index contributed by atoms with van der Waals surface area (Å²) in [6, 6.07) is 15.7. The fourth-order valence-electron chi connectivity index (χ4n) is 3.44. The van der Waals surface area contributed by atoms with E-state index in [-0.39, 0.29) is 11.8 Å². The minimum absolute atomic E-state index is 0.0410. The van der Waals surface area contributed by atoms with Crippen molar-refractivity contribution < 1.29 is 14.1 Å². The molecule has 0 bridgehead atoms. The third-order valence-electron chi connectivity index (χ3n) is 5.12. The van der Waals surface area contributed by atoms with Gasteiger partial charge in [-0.3, -0.25) is 4.79 Å². The van der Waals surface area contributed by atoms with Gasteiger partial charge in [0.1, 0.15) is 5.75 Å². The Hall–Kier alpha value is -3.15. The summed E-state index contributed by atoms with van der Waals surface area (Å²) in [5.74, 6) is 2.18. The van der Waals surface area contributed by atoms with E-state index in [1.165, 1.54) is 5.56 Å². The molecule has 28 heavy (non-hydrogen) atoms. The molecule has 144 valence electrons. The SMILES string of the molecule is COc1cccc(N2CC(c3nc(-c4ccc(C(C)C)cc4)no3)CC2=O)c1. The average molecular weight is 377 g/mol. The number of rotatable bonds is 5. The van der Waals surface area contributed by atoms with E-state index >= 15 is 0 Å². The maximum atomic E-state index is 12.5. The Morgan fingerprint density at radius 2 is 1.96 bits per heavy atom. The van der Waals surface area contributed by atoms with Crippen LogP contribution < -0.4 is 9.64 Å². The van der Waals surface area contributed by atoms with Gasteiger partial charge in [0.25, 0.3) is 0 Å². The summed E-state index contributed by atoms with van der Waals surface area (Å²) in [6.07, 6.45) is 0.352. The van der Waals surface area contributed by atoms with Crippen LogP contribution in [-0.2, 0) is 4.79 Å². The van der Waals surface area contributed by atoms with Crippen molar-refractivity contribution in [3.05, 3.63) is 60.0 Å². The lowest BCUT2D eigenvalue weighted by atomic mass is 10.0. The highest BCUT2D eigenvalue weighted by atomic mass is 16.5. The Kier molecular flexibility index (Phi) is 4.86. The van der Waals surface area contributed by atoms with Crippen LogP contribution in [0.5, 0.6) is 5.75 Å². The molecule has 2 aromatic carbocycles. The average Bonchev–Trinajstić information content (AvgIpc) is 3.35. The molecule has 6 nitrogen and oxygen atoms in total. The lowest BCUT2D eigenvalue weighted by Crippen LogP contribution is -2.24. The van der Waals surface area contributed by atoms with E-state index in [4.69, 9.17) is 9.26 Å². The van der Waals surface area contributed by atoms with Crippen molar-refractivity contribution in [3.8, 4) is 17.1 Å². The first-order valence-electron chi connectivity index (χ1n) is 9.43. The molecule has 0 spiro atoms. The van der Waals surface area contributed by atoms with Crippen molar-refractivity contribution in [2.45, 2.75) is 32.1 Å². The Balaban J connectivity index is 1.52. The van der Waals surface area contributed by atoms with Crippen molar-refractivity contribution >= 4 is 11.6 Å². The monoisotopic (exact) mass is 377 g/mol. The van der Waals surface area contributed by atoms with Gasteiger partial charge in [-0.1, -0.05) is 49.3 Å². The molecule has 0 aliphatic carbocycles. The summed E-state index contributed by atoms with van der Waals surface area (Å²) in [5.41, 5.74) is 2.99. The minimum Gasteiger partial charge on any atom is -0.497 e. The molecule has 4 rings (SSSR count). The van der Waals surface area contributed by atoms with Crippen LogP contribution in [0.1, 0.15) is 43.6 Å². The molecule has 2 heterocycles. The van der Waals surface area contributed by atoms with E-state index in [2.05, 4.69) is 36.1 Å². The van der Waals surface area contributed by atoms with E-state index in [9.17, 15) is 4.79 Å². The van der Waals surface area contributed by atoms with Gasteiger partial charge in [0.15, 0.2) is 0 Å². The largest absolute Gasteiger partial charge is 0.497 e. The molecule has 1 saturated heterocycles. The van der Waals surface area contributed by atoms with Gasteiger partial charge in [0, 0.05) is 30.3 Å². The number of carbonyl (C=O) groups is 1. The van der Waals surface area contributed by atoms with E-state index in [1.54, 1.807) is 12.0 Å². The summed E-state index contributed by atoms with van der Waals surface area (Å²) >= 11 is 0. The van der Waals surface area contributed by atoms with Gasteiger partial charge in [-0.2, -0.15) is 4.98 Å². The number of ether oxygens (including phenoxy) is 1. The Labute approximate surface area is 164 Å². The van der Waals surface area contributed by atoms with E-state index in [1.807, 2.05) is 36.4 Å². The number of carbonyl (C=O) groups excluding carboxylic acids is 1. The quantitative estimate of drug-likeness (QED) is 0.660. The van der Waals surface area contributed by atoms with Crippen molar-refractivity contribution in [3.63, 3.8) is 0 Å². The lowest BCUT2D eigenvalue weighted by molar-refractivity contribution is -0.117. The third-order valence-corrected chi connectivity index (χ3v) is 5.12. The molecule has 0 radical (unpaired) electrons.